The molecule has 1 rings (SSSR count). The van der Waals surface area contributed by atoms with E-state index in [4.69, 9.17) is 0 Å². The van der Waals surface area contributed by atoms with Crippen molar-refractivity contribution in [2.75, 3.05) is 0 Å². The Morgan fingerprint density at radius 3 is 2.50 bits per heavy atom. The highest BCUT2D eigenvalue weighted by Gasteiger charge is 2.07. The van der Waals surface area contributed by atoms with Gasteiger partial charge in [0.25, 0.3) is 0 Å². The van der Waals surface area contributed by atoms with Crippen LogP contribution in [0.25, 0.3) is 0 Å². The summed E-state index contributed by atoms with van der Waals surface area (Å²) in [4.78, 5) is 4.00. The maximum atomic E-state index is 12.9. The molecule has 0 unspecified atom stereocenters. The fourth-order valence-electron chi connectivity index (χ4n) is 1.31. The number of hydrogen-bond acceptors (Lipinski definition) is 1. The molecule has 0 radical (unpaired) electrons. The van der Waals surface area contributed by atoms with Crippen molar-refractivity contribution in [1.29, 1.82) is 0 Å². The van der Waals surface area contributed by atoms with Crippen molar-refractivity contribution in [3.63, 3.8) is 0 Å². The minimum absolute atomic E-state index is 0.522. The molecule has 1 aromatic carbocycles. The summed E-state index contributed by atoms with van der Waals surface area (Å²) in [5.41, 5.74) is 1.28. The SMILES string of the molecule is CC=Nc1cc(F)c(F)cc1CCC. The Morgan fingerprint density at radius 2 is 1.93 bits per heavy atom. The molecule has 0 atom stereocenters. The van der Waals surface area contributed by atoms with E-state index in [9.17, 15) is 8.78 Å². The standard InChI is InChI=1S/C11H13F2N/c1-3-5-8-6-9(12)10(13)7-11(8)14-4-2/h4,6-7H,3,5H2,1-2H3. The van der Waals surface area contributed by atoms with E-state index in [0.717, 1.165) is 18.1 Å². The van der Waals surface area contributed by atoms with E-state index >= 15 is 0 Å². The fraction of sp³-hybridized carbons (Fsp3) is 0.364. The van der Waals surface area contributed by atoms with Gasteiger partial charge in [0.15, 0.2) is 11.6 Å². The van der Waals surface area contributed by atoms with Crippen LogP contribution in [0, 0.1) is 11.6 Å². The van der Waals surface area contributed by atoms with E-state index in [0.29, 0.717) is 12.1 Å². The van der Waals surface area contributed by atoms with Crippen LogP contribution in [-0.2, 0) is 6.42 Å². The zero-order valence-electron chi connectivity index (χ0n) is 8.35. The van der Waals surface area contributed by atoms with Crippen molar-refractivity contribution in [1.82, 2.24) is 0 Å². The molecule has 0 spiro atoms. The quantitative estimate of drug-likeness (QED) is 0.656. The molecule has 0 saturated carbocycles. The lowest BCUT2D eigenvalue weighted by Gasteiger charge is -2.04. The number of hydrogen-bond donors (Lipinski definition) is 0. The molecule has 3 heteroatoms. The molecule has 1 aromatic rings. The predicted molar refractivity (Wildman–Crippen MR) is 54.2 cm³/mol. The van der Waals surface area contributed by atoms with Gasteiger partial charge in [-0.15, -0.1) is 0 Å². The van der Waals surface area contributed by atoms with Gasteiger partial charge in [-0.25, -0.2) is 8.78 Å². The zero-order chi connectivity index (χ0) is 10.6. The molecule has 0 bridgehead atoms. The molecule has 0 heterocycles. The summed E-state index contributed by atoms with van der Waals surface area (Å²) in [7, 11) is 0. The van der Waals surface area contributed by atoms with Gasteiger partial charge in [0.1, 0.15) is 0 Å². The third-order valence-electron chi connectivity index (χ3n) is 1.91. The van der Waals surface area contributed by atoms with Gasteiger partial charge in [0, 0.05) is 12.3 Å². The summed E-state index contributed by atoms with van der Waals surface area (Å²) < 4.78 is 25.8. The largest absolute Gasteiger partial charge is 0.261 e. The van der Waals surface area contributed by atoms with Crippen LogP contribution in [0.2, 0.25) is 0 Å². The Bertz CT molecular complexity index is 345. The number of benzene rings is 1. The Kier molecular flexibility index (Phi) is 3.74. The van der Waals surface area contributed by atoms with Crippen molar-refractivity contribution < 1.29 is 8.78 Å². The van der Waals surface area contributed by atoms with Gasteiger partial charge in [-0.05, 0) is 25.0 Å². The van der Waals surface area contributed by atoms with Gasteiger partial charge < -0.3 is 0 Å². The first-order valence-corrected chi connectivity index (χ1v) is 4.65. The summed E-state index contributed by atoms with van der Waals surface area (Å²) in [6.45, 7) is 3.73. The predicted octanol–water partition coefficient (Wildman–Crippen LogP) is 3.64. The number of rotatable bonds is 3. The summed E-state index contributed by atoms with van der Waals surface area (Å²) in [6.07, 6.45) is 3.17. The Balaban J connectivity index is 3.16. The molecule has 0 aliphatic rings. The van der Waals surface area contributed by atoms with E-state index in [1.54, 1.807) is 13.1 Å². The van der Waals surface area contributed by atoms with Gasteiger partial charge in [-0.3, -0.25) is 4.99 Å². The topological polar surface area (TPSA) is 12.4 Å². The summed E-state index contributed by atoms with van der Waals surface area (Å²) >= 11 is 0. The first kappa shape index (κ1) is 10.8. The number of aryl methyl sites for hydroxylation is 1. The van der Waals surface area contributed by atoms with E-state index in [-0.39, 0.29) is 0 Å². The van der Waals surface area contributed by atoms with Crippen LogP contribution in [0.5, 0.6) is 0 Å². The van der Waals surface area contributed by atoms with Crippen LogP contribution >= 0.6 is 0 Å². The maximum absolute atomic E-state index is 12.9. The summed E-state index contributed by atoms with van der Waals surface area (Å²) in [6, 6.07) is 2.36. The zero-order valence-corrected chi connectivity index (χ0v) is 8.35. The molecule has 0 N–H and O–H groups in total. The van der Waals surface area contributed by atoms with Crippen molar-refractivity contribution in [3.8, 4) is 0 Å². The molecule has 0 fully saturated rings. The molecular weight excluding hydrogens is 184 g/mol. The average molecular weight is 197 g/mol. The molecule has 0 saturated heterocycles. The van der Waals surface area contributed by atoms with Crippen LogP contribution in [-0.4, -0.2) is 6.21 Å². The molecule has 76 valence electrons. The van der Waals surface area contributed by atoms with Gasteiger partial charge >= 0.3 is 0 Å². The highest BCUT2D eigenvalue weighted by atomic mass is 19.2. The second kappa shape index (κ2) is 4.84. The van der Waals surface area contributed by atoms with Gasteiger partial charge in [-0.1, -0.05) is 13.3 Å². The maximum Gasteiger partial charge on any atom is 0.160 e. The second-order valence-electron chi connectivity index (χ2n) is 3.03. The molecule has 14 heavy (non-hydrogen) atoms. The normalized spacial score (nSPS) is 11.1. The molecular formula is C11H13F2N. The lowest BCUT2D eigenvalue weighted by Crippen LogP contribution is -1.90. The Morgan fingerprint density at radius 1 is 1.29 bits per heavy atom. The number of aliphatic imine (C=N–C) groups is 1. The first-order chi connectivity index (χ1) is 6.69. The van der Waals surface area contributed by atoms with Crippen LogP contribution in [0.15, 0.2) is 17.1 Å². The average Bonchev–Trinajstić information content (AvgIpc) is 2.14. The molecule has 0 amide bonds. The third kappa shape index (κ3) is 2.37. The van der Waals surface area contributed by atoms with Crippen LogP contribution in [0.3, 0.4) is 0 Å². The fourth-order valence-corrected chi connectivity index (χ4v) is 1.31. The first-order valence-electron chi connectivity index (χ1n) is 4.65. The molecule has 0 aliphatic carbocycles. The van der Waals surface area contributed by atoms with E-state index in [1.807, 2.05) is 6.92 Å². The van der Waals surface area contributed by atoms with Crippen molar-refractivity contribution in [2.24, 2.45) is 4.99 Å². The van der Waals surface area contributed by atoms with Gasteiger partial charge in [0.2, 0.25) is 0 Å². The molecule has 0 aliphatic heterocycles. The van der Waals surface area contributed by atoms with E-state index in [1.165, 1.54) is 6.07 Å². The lowest BCUT2D eigenvalue weighted by molar-refractivity contribution is 0.507. The van der Waals surface area contributed by atoms with E-state index < -0.39 is 11.6 Å². The lowest BCUT2D eigenvalue weighted by atomic mass is 10.1. The summed E-state index contributed by atoms with van der Waals surface area (Å²) in [5.74, 6) is -1.64. The van der Waals surface area contributed by atoms with Gasteiger partial charge in [0.05, 0.1) is 5.69 Å². The second-order valence-corrected chi connectivity index (χ2v) is 3.03. The van der Waals surface area contributed by atoms with Crippen LogP contribution < -0.4 is 0 Å². The van der Waals surface area contributed by atoms with Gasteiger partial charge in [-0.2, -0.15) is 0 Å². The van der Waals surface area contributed by atoms with Crippen molar-refractivity contribution in [3.05, 3.63) is 29.3 Å². The highest BCUT2D eigenvalue weighted by molar-refractivity contribution is 5.62. The number of nitrogens with zero attached hydrogens (tertiary/aromatic N) is 1. The van der Waals surface area contributed by atoms with E-state index in [2.05, 4.69) is 4.99 Å². The van der Waals surface area contributed by atoms with Crippen LogP contribution in [0.4, 0.5) is 14.5 Å². The highest BCUT2D eigenvalue weighted by Crippen LogP contribution is 2.23. The van der Waals surface area contributed by atoms with Crippen molar-refractivity contribution >= 4 is 11.9 Å². The Hall–Kier alpha value is -1.25. The minimum Gasteiger partial charge on any atom is -0.261 e. The van der Waals surface area contributed by atoms with Crippen LogP contribution in [0.1, 0.15) is 25.8 Å². The number of halogens is 2. The minimum atomic E-state index is -0.842. The monoisotopic (exact) mass is 197 g/mol. The molecule has 0 aromatic heterocycles. The molecule has 1 nitrogen and oxygen atoms in total. The Labute approximate surface area is 82.5 Å². The third-order valence-corrected chi connectivity index (χ3v) is 1.91. The summed E-state index contributed by atoms with van der Waals surface area (Å²) in [5, 5.41) is 0. The smallest absolute Gasteiger partial charge is 0.160 e. The van der Waals surface area contributed by atoms with Crippen molar-refractivity contribution in [2.45, 2.75) is 26.7 Å².